The van der Waals surface area contributed by atoms with Gasteiger partial charge in [-0.15, -0.1) is 0 Å². The van der Waals surface area contributed by atoms with Gasteiger partial charge in [-0.1, -0.05) is 12.1 Å². The zero-order valence-corrected chi connectivity index (χ0v) is 12.7. The Hall–Kier alpha value is -2.63. The Bertz CT molecular complexity index is 789. The number of amides is 1. The average Bonchev–Trinajstić information content (AvgIpc) is 3.06. The molecule has 0 aliphatic rings. The first-order valence-corrected chi connectivity index (χ1v) is 7.32. The molecule has 6 heteroatoms. The predicted octanol–water partition coefficient (Wildman–Crippen LogP) is 1.88. The number of benzene rings is 1. The number of aromatic amines is 2. The van der Waals surface area contributed by atoms with Crippen LogP contribution in [0.2, 0.25) is 0 Å². The summed E-state index contributed by atoms with van der Waals surface area (Å²) in [5.41, 5.74) is 3.91. The Labute approximate surface area is 128 Å². The second-order valence-electron chi connectivity index (χ2n) is 5.68. The Morgan fingerprint density at radius 1 is 1.32 bits per heavy atom. The van der Waals surface area contributed by atoms with E-state index < -0.39 is 0 Å². The van der Waals surface area contributed by atoms with Gasteiger partial charge in [-0.2, -0.15) is 10.2 Å². The van der Waals surface area contributed by atoms with E-state index in [4.69, 9.17) is 0 Å². The maximum Gasteiger partial charge on any atom is 0.224 e. The van der Waals surface area contributed by atoms with E-state index in [0.717, 1.165) is 34.3 Å². The van der Waals surface area contributed by atoms with E-state index in [-0.39, 0.29) is 11.9 Å². The van der Waals surface area contributed by atoms with Crippen molar-refractivity contribution in [3.05, 3.63) is 47.4 Å². The molecule has 0 saturated heterocycles. The van der Waals surface area contributed by atoms with Crippen LogP contribution < -0.4 is 5.32 Å². The number of nitrogens with one attached hydrogen (secondary N) is 3. The molecule has 1 unspecified atom stereocenters. The molecule has 0 radical (unpaired) electrons. The summed E-state index contributed by atoms with van der Waals surface area (Å²) < 4.78 is 0. The zero-order chi connectivity index (χ0) is 15.5. The van der Waals surface area contributed by atoms with Crippen LogP contribution in [0.1, 0.15) is 23.9 Å². The summed E-state index contributed by atoms with van der Waals surface area (Å²) >= 11 is 0. The molecule has 0 aliphatic heterocycles. The molecule has 1 atom stereocenters. The van der Waals surface area contributed by atoms with Crippen LogP contribution in [0.5, 0.6) is 0 Å². The van der Waals surface area contributed by atoms with Crippen LogP contribution in [0.25, 0.3) is 10.9 Å². The van der Waals surface area contributed by atoms with Crippen molar-refractivity contribution in [1.82, 2.24) is 25.7 Å². The molecule has 22 heavy (non-hydrogen) atoms. The summed E-state index contributed by atoms with van der Waals surface area (Å²) in [6, 6.07) is 7.93. The molecule has 114 valence electrons. The van der Waals surface area contributed by atoms with Crippen molar-refractivity contribution in [2.75, 3.05) is 0 Å². The van der Waals surface area contributed by atoms with Crippen LogP contribution in [0, 0.1) is 6.92 Å². The van der Waals surface area contributed by atoms with E-state index >= 15 is 0 Å². The SMILES string of the molecule is Cc1cc(CC(C)NC(=O)Cc2ccc3cn[nH]c3c2)n[nH]1. The average molecular weight is 297 g/mol. The molecule has 2 heterocycles. The summed E-state index contributed by atoms with van der Waals surface area (Å²) in [5.74, 6) is 0.0126. The number of hydrogen-bond donors (Lipinski definition) is 3. The molecule has 3 N–H and O–H groups in total. The largest absolute Gasteiger partial charge is 0.353 e. The quantitative estimate of drug-likeness (QED) is 0.672. The number of carbonyl (C=O) groups is 1. The van der Waals surface area contributed by atoms with Gasteiger partial charge in [0.15, 0.2) is 0 Å². The van der Waals surface area contributed by atoms with Crippen LogP contribution in [0.4, 0.5) is 0 Å². The maximum atomic E-state index is 12.1. The molecular weight excluding hydrogens is 278 g/mol. The van der Waals surface area contributed by atoms with E-state index in [9.17, 15) is 4.79 Å². The molecular formula is C16H19N5O. The highest BCUT2D eigenvalue weighted by Gasteiger charge is 2.11. The second-order valence-corrected chi connectivity index (χ2v) is 5.68. The van der Waals surface area contributed by atoms with Gasteiger partial charge in [0, 0.05) is 23.5 Å². The molecule has 1 amide bonds. The van der Waals surface area contributed by atoms with Gasteiger partial charge in [-0.3, -0.25) is 15.0 Å². The van der Waals surface area contributed by atoms with E-state index in [1.807, 2.05) is 38.1 Å². The lowest BCUT2D eigenvalue weighted by Gasteiger charge is -2.12. The van der Waals surface area contributed by atoms with Crippen LogP contribution in [-0.4, -0.2) is 32.3 Å². The number of hydrogen-bond acceptors (Lipinski definition) is 3. The monoisotopic (exact) mass is 297 g/mol. The fourth-order valence-electron chi connectivity index (χ4n) is 2.55. The van der Waals surface area contributed by atoms with Gasteiger partial charge >= 0.3 is 0 Å². The summed E-state index contributed by atoms with van der Waals surface area (Å²) in [6.45, 7) is 3.95. The van der Waals surface area contributed by atoms with Gasteiger partial charge in [0.05, 0.1) is 23.8 Å². The predicted molar refractivity (Wildman–Crippen MR) is 84.4 cm³/mol. The lowest BCUT2D eigenvalue weighted by Crippen LogP contribution is -2.35. The van der Waals surface area contributed by atoms with Crippen LogP contribution in [0.3, 0.4) is 0 Å². The normalized spacial score (nSPS) is 12.5. The van der Waals surface area contributed by atoms with Crippen molar-refractivity contribution in [3.8, 4) is 0 Å². The number of H-pyrrole nitrogens is 2. The van der Waals surface area contributed by atoms with E-state index in [2.05, 4.69) is 25.7 Å². The topological polar surface area (TPSA) is 86.5 Å². The minimum atomic E-state index is 0.0126. The summed E-state index contributed by atoms with van der Waals surface area (Å²) in [7, 11) is 0. The first-order valence-electron chi connectivity index (χ1n) is 7.32. The number of rotatable bonds is 5. The number of nitrogens with zero attached hydrogens (tertiary/aromatic N) is 2. The van der Waals surface area contributed by atoms with Gasteiger partial charge < -0.3 is 5.32 Å². The summed E-state index contributed by atoms with van der Waals surface area (Å²) in [4.78, 5) is 12.1. The molecule has 0 spiro atoms. The lowest BCUT2D eigenvalue weighted by atomic mass is 10.1. The molecule has 3 aromatic rings. The third-order valence-corrected chi connectivity index (χ3v) is 3.55. The third-order valence-electron chi connectivity index (χ3n) is 3.55. The minimum absolute atomic E-state index is 0.0126. The fraction of sp³-hybridized carbons (Fsp3) is 0.312. The molecule has 6 nitrogen and oxygen atoms in total. The van der Waals surface area contributed by atoms with Crippen molar-refractivity contribution in [2.24, 2.45) is 0 Å². The molecule has 0 aliphatic carbocycles. The summed E-state index contributed by atoms with van der Waals surface area (Å²) in [6.07, 6.45) is 2.85. The smallest absolute Gasteiger partial charge is 0.224 e. The lowest BCUT2D eigenvalue weighted by molar-refractivity contribution is -0.121. The van der Waals surface area contributed by atoms with E-state index in [1.54, 1.807) is 6.20 Å². The molecule has 1 aromatic carbocycles. The molecule has 0 bridgehead atoms. The van der Waals surface area contributed by atoms with Gasteiger partial charge in [-0.25, -0.2) is 0 Å². The molecule has 3 rings (SSSR count). The van der Waals surface area contributed by atoms with Gasteiger partial charge in [0.1, 0.15) is 0 Å². The van der Waals surface area contributed by atoms with Crippen LogP contribution in [-0.2, 0) is 17.6 Å². The molecule has 0 saturated carbocycles. The number of fused-ring (bicyclic) bond motifs is 1. The van der Waals surface area contributed by atoms with E-state index in [0.29, 0.717) is 6.42 Å². The van der Waals surface area contributed by atoms with Gasteiger partial charge in [0.25, 0.3) is 0 Å². The van der Waals surface area contributed by atoms with Crippen molar-refractivity contribution in [2.45, 2.75) is 32.7 Å². The Morgan fingerprint density at radius 2 is 2.18 bits per heavy atom. The number of aryl methyl sites for hydroxylation is 1. The zero-order valence-electron chi connectivity index (χ0n) is 12.7. The van der Waals surface area contributed by atoms with Gasteiger partial charge in [-0.05, 0) is 31.5 Å². The minimum Gasteiger partial charge on any atom is -0.353 e. The third kappa shape index (κ3) is 3.33. The number of aromatic nitrogens is 4. The first kappa shape index (κ1) is 14.3. The van der Waals surface area contributed by atoms with Crippen LogP contribution in [0.15, 0.2) is 30.5 Å². The van der Waals surface area contributed by atoms with Crippen molar-refractivity contribution in [1.29, 1.82) is 0 Å². The Balaban J connectivity index is 1.57. The van der Waals surface area contributed by atoms with Gasteiger partial charge in [0.2, 0.25) is 5.91 Å². The summed E-state index contributed by atoms with van der Waals surface area (Å²) in [5, 5.41) is 18.1. The van der Waals surface area contributed by atoms with Crippen molar-refractivity contribution < 1.29 is 4.79 Å². The van der Waals surface area contributed by atoms with Crippen molar-refractivity contribution >= 4 is 16.8 Å². The van der Waals surface area contributed by atoms with Crippen LogP contribution >= 0.6 is 0 Å². The highest BCUT2D eigenvalue weighted by Crippen LogP contribution is 2.13. The molecule has 2 aromatic heterocycles. The fourth-order valence-corrected chi connectivity index (χ4v) is 2.55. The second kappa shape index (κ2) is 6.01. The molecule has 0 fully saturated rings. The highest BCUT2D eigenvalue weighted by molar-refractivity contribution is 5.82. The van der Waals surface area contributed by atoms with Crippen molar-refractivity contribution in [3.63, 3.8) is 0 Å². The highest BCUT2D eigenvalue weighted by atomic mass is 16.1. The number of carbonyl (C=O) groups excluding carboxylic acids is 1. The Morgan fingerprint density at radius 3 is 2.95 bits per heavy atom. The first-order chi connectivity index (χ1) is 10.6. The van der Waals surface area contributed by atoms with E-state index in [1.165, 1.54) is 0 Å². The standard InChI is InChI=1S/C16H19N5O/c1-10(5-14-6-11(2)19-20-14)18-16(22)8-12-3-4-13-9-17-21-15(13)7-12/h3-4,6-7,9-10H,5,8H2,1-2H3,(H,17,21)(H,18,22)(H,19,20). The Kier molecular flexibility index (Phi) is 3.91. The maximum absolute atomic E-state index is 12.1.